The second-order valence-electron chi connectivity index (χ2n) is 8.68. The molecule has 1 amide bonds. The Morgan fingerprint density at radius 3 is 2.72 bits per heavy atom. The smallest absolute Gasteiger partial charge is 0.261 e. The van der Waals surface area contributed by atoms with Crippen LogP contribution in [0.3, 0.4) is 0 Å². The number of aldehydes is 1. The fourth-order valence-corrected chi connectivity index (χ4v) is 6.04. The number of aromatic nitrogens is 2. The van der Waals surface area contributed by atoms with Crippen LogP contribution >= 0.6 is 11.3 Å². The van der Waals surface area contributed by atoms with Crippen molar-refractivity contribution >= 4 is 28.5 Å². The topological polar surface area (TPSA) is 85.1 Å². The van der Waals surface area contributed by atoms with Gasteiger partial charge in [0.2, 0.25) is 5.91 Å². The van der Waals surface area contributed by atoms with Crippen molar-refractivity contribution in [2.24, 2.45) is 11.8 Å². The van der Waals surface area contributed by atoms with E-state index in [1.807, 2.05) is 0 Å². The van der Waals surface area contributed by atoms with Gasteiger partial charge in [0, 0.05) is 22.6 Å². The predicted octanol–water partition coefficient (Wildman–Crippen LogP) is 4.89. The highest BCUT2D eigenvalue weighted by Crippen LogP contribution is 2.45. The van der Waals surface area contributed by atoms with Gasteiger partial charge in [-0.3, -0.25) is 4.79 Å². The predicted molar refractivity (Wildman–Crippen MR) is 111 cm³/mol. The van der Waals surface area contributed by atoms with Crippen LogP contribution in [-0.4, -0.2) is 22.3 Å². The molecule has 2 saturated carbocycles. The van der Waals surface area contributed by atoms with E-state index in [0.717, 1.165) is 80.5 Å². The van der Waals surface area contributed by atoms with Gasteiger partial charge in [-0.1, -0.05) is 24.4 Å². The summed E-state index contributed by atoms with van der Waals surface area (Å²) in [5.41, 5.74) is 2.20. The Balaban J connectivity index is 1.48. The van der Waals surface area contributed by atoms with E-state index in [1.165, 1.54) is 23.3 Å². The normalized spacial score (nSPS) is 24.6. The Hall–Kier alpha value is -2.02. The molecule has 3 aliphatic carbocycles. The molecule has 0 aromatic carbocycles. The van der Waals surface area contributed by atoms with Crippen molar-refractivity contribution in [2.45, 2.75) is 76.5 Å². The third-order valence-electron chi connectivity index (χ3n) is 6.59. The molecule has 154 valence electrons. The fraction of sp³-hybridized carbons (Fsp3) is 0.636. The van der Waals surface area contributed by atoms with E-state index < -0.39 is 0 Å². The molecule has 3 aliphatic rings. The Labute approximate surface area is 174 Å². The van der Waals surface area contributed by atoms with Crippen LogP contribution in [-0.2, 0) is 22.4 Å². The van der Waals surface area contributed by atoms with Crippen molar-refractivity contribution in [1.82, 2.24) is 10.1 Å². The largest absolute Gasteiger partial charge is 0.334 e. The van der Waals surface area contributed by atoms with Crippen LogP contribution < -0.4 is 5.32 Å². The third-order valence-corrected chi connectivity index (χ3v) is 7.79. The minimum Gasteiger partial charge on any atom is -0.334 e. The molecule has 2 aromatic heterocycles. The first-order chi connectivity index (χ1) is 14.2. The summed E-state index contributed by atoms with van der Waals surface area (Å²) in [5, 5.41) is 8.19. The van der Waals surface area contributed by atoms with E-state index in [0.29, 0.717) is 11.8 Å². The summed E-state index contributed by atoms with van der Waals surface area (Å²) in [7, 11) is 0. The van der Waals surface area contributed by atoms with Crippen LogP contribution in [0.4, 0.5) is 5.00 Å². The highest BCUT2D eigenvalue weighted by Gasteiger charge is 2.34. The maximum atomic E-state index is 13.1. The maximum absolute atomic E-state index is 13.1. The number of thiophene rings is 1. The van der Waals surface area contributed by atoms with Gasteiger partial charge in [0.15, 0.2) is 5.82 Å². The number of carbonyl (C=O) groups excluding carboxylic acids is 2. The molecule has 6 nitrogen and oxygen atoms in total. The molecular formula is C22H27N3O3S. The lowest BCUT2D eigenvalue weighted by molar-refractivity contribution is -0.126. The zero-order valence-corrected chi connectivity index (χ0v) is 17.4. The Morgan fingerprint density at radius 1 is 1.07 bits per heavy atom. The van der Waals surface area contributed by atoms with Gasteiger partial charge in [0.25, 0.3) is 5.89 Å². The zero-order chi connectivity index (χ0) is 19.8. The monoisotopic (exact) mass is 413 g/mol. The van der Waals surface area contributed by atoms with Crippen LogP contribution in [0.5, 0.6) is 0 Å². The molecular weight excluding hydrogens is 386 g/mol. The Kier molecular flexibility index (Phi) is 5.24. The maximum Gasteiger partial charge on any atom is 0.261 e. The molecule has 0 saturated heterocycles. The van der Waals surface area contributed by atoms with Crippen LogP contribution in [0.1, 0.15) is 80.0 Å². The second kappa shape index (κ2) is 8.01. The van der Waals surface area contributed by atoms with Gasteiger partial charge >= 0.3 is 0 Å². The van der Waals surface area contributed by atoms with Gasteiger partial charge in [-0.2, -0.15) is 4.98 Å². The third kappa shape index (κ3) is 3.77. The molecule has 0 bridgehead atoms. The fourth-order valence-electron chi connectivity index (χ4n) is 4.75. The number of fused-ring (bicyclic) bond motifs is 1. The summed E-state index contributed by atoms with van der Waals surface area (Å²) in [6.45, 7) is 0. The van der Waals surface area contributed by atoms with E-state index >= 15 is 0 Å². The van der Waals surface area contributed by atoms with Crippen LogP contribution in [0.2, 0.25) is 0 Å². The van der Waals surface area contributed by atoms with Crippen molar-refractivity contribution in [3.05, 3.63) is 16.3 Å². The van der Waals surface area contributed by atoms with E-state index in [4.69, 9.17) is 4.52 Å². The molecule has 0 radical (unpaired) electrons. The Morgan fingerprint density at radius 2 is 1.90 bits per heavy atom. The lowest BCUT2D eigenvalue weighted by Crippen LogP contribution is -2.32. The molecule has 2 atom stereocenters. The molecule has 0 aliphatic heterocycles. The van der Waals surface area contributed by atoms with E-state index in [2.05, 4.69) is 15.5 Å². The quantitative estimate of drug-likeness (QED) is 0.557. The van der Waals surface area contributed by atoms with E-state index in [-0.39, 0.29) is 17.7 Å². The van der Waals surface area contributed by atoms with Crippen molar-refractivity contribution in [1.29, 1.82) is 0 Å². The molecule has 5 rings (SSSR count). The standard InChI is InChI=1S/C22H27N3O3S/c26-12-14-6-4-5-7-15(14)20(27)24-22-18(16-8-2-1-3-9-17(16)29-22)21-23-19(25-28-21)13-10-11-13/h12-15H,1-11H2,(H,24,27). The number of carbonyl (C=O) groups is 2. The number of hydrogen-bond donors (Lipinski definition) is 1. The molecule has 29 heavy (non-hydrogen) atoms. The molecule has 2 heterocycles. The first-order valence-electron chi connectivity index (χ1n) is 11.0. The molecule has 1 N–H and O–H groups in total. The van der Waals surface area contributed by atoms with Gasteiger partial charge in [-0.15, -0.1) is 11.3 Å². The number of hydrogen-bond acceptors (Lipinski definition) is 6. The minimum atomic E-state index is -0.235. The summed E-state index contributed by atoms with van der Waals surface area (Å²) in [6, 6.07) is 0. The molecule has 0 spiro atoms. The second-order valence-corrected chi connectivity index (χ2v) is 9.79. The molecule has 2 aromatic rings. The van der Waals surface area contributed by atoms with Crippen LogP contribution in [0.15, 0.2) is 4.52 Å². The SMILES string of the molecule is O=CC1CCCCC1C(=O)Nc1sc2c(c1-c1nc(C3CC3)no1)CCCCC2. The van der Waals surface area contributed by atoms with Gasteiger partial charge < -0.3 is 14.6 Å². The molecule has 2 fully saturated rings. The van der Waals surface area contributed by atoms with Gasteiger partial charge in [-0.05, 0) is 56.9 Å². The summed E-state index contributed by atoms with van der Waals surface area (Å²) < 4.78 is 5.67. The lowest BCUT2D eigenvalue weighted by Gasteiger charge is -2.26. The van der Waals surface area contributed by atoms with Gasteiger partial charge in [0.1, 0.15) is 11.3 Å². The number of rotatable bonds is 5. The lowest BCUT2D eigenvalue weighted by atomic mass is 9.79. The van der Waals surface area contributed by atoms with Gasteiger partial charge in [-0.25, -0.2) is 0 Å². The minimum absolute atomic E-state index is 0.0404. The number of nitrogens with one attached hydrogen (secondary N) is 1. The number of amides is 1. The first-order valence-corrected chi connectivity index (χ1v) is 11.8. The van der Waals surface area contributed by atoms with E-state index in [9.17, 15) is 9.59 Å². The summed E-state index contributed by atoms with van der Waals surface area (Å²) >= 11 is 1.66. The highest BCUT2D eigenvalue weighted by atomic mass is 32.1. The number of nitrogens with zero attached hydrogens (tertiary/aromatic N) is 2. The van der Waals surface area contributed by atoms with Gasteiger partial charge in [0.05, 0.1) is 5.56 Å². The number of anilines is 1. The van der Waals surface area contributed by atoms with Crippen molar-refractivity contribution in [3.63, 3.8) is 0 Å². The number of aryl methyl sites for hydroxylation is 1. The van der Waals surface area contributed by atoms with Crippen LogP contribution in [0.25, 0.3) is 11.5 Å². The van der Waals surface area contributed by atoms with Crippen molar-refractivity contribution in [2.75, 3.05) is 5.32 Å². The Bertz CT molecular complexity index is 915. The van der Waals surface area contributed by atoms with Crippen molar-refractivity contribution < 1.29 is 14.1 Å². The average molecular weight is 414 g/mol. The van der Waals surface area contributed by atoms with E-state index in [1.54, 1.807) is 11.3 Å². The summed E-state index contributed by atoms with van der Waals surface area (Å²) in [4.78, 5) is 30.6. The molecule has 7 heteroatoms. The summed E-state index contributed by atoms with van der Waals surface area (Å²) in [5.74, 6) is 1.31. The first kappa shape index (κ1) is 19.0. The molecule has 2 unspecified atom stereocenters. The average Bonchev–Trinajstić information content (AvgIpc) is 3.45. The van der Waals surface area contributed by atoms with Crippen LogP contribution in [0, 0.1) is 11.8 Å². The zero-order valence-electron chi connectivity index (χ0n) is 16.6. The highest BCUT2D eigenvalue weighted by molar-refractivity contribution is 7.17. The van der Waals surface area contributed by atoms with Crippen molar-refractivity contribution in [3.8, 4) is 11.5 Å². The summed E-state index contributed by atoms with van der Waals surface area (Å²) in [6.07, 6.45) is 12.4.